The van der Waals surface area contributed by atoms with Crippen molar-refractivity contribution in [3.05, 3.63) is 22.0 Å². The smallest absolute Gasteiger partial charge is 0.194 e. The number of thiazole rings is 1. The molecule has 0 atom stereocenters. The zero-order valence-corrected chi connectivity index (χ0v) is 9.27. The average molecular weight is 205 g/mol. The molecular weight excluding hydrogens is 194 g/mol. The number of aromatic nitrogens is 2. The first-order chi connectivity index (χ1) is 6.65. The van der Waals surface area contributed by atoms with Crippen LogP contribution in [-0.2, 0) is 6.42 Å². The van der Waals surface area contributed by atoms with Crippen molar-refractivity contribution in [2.24, 2.45) is 0 Å². The van der Waals surface area contributed by atoms with E-state index in [1.54, 1.807) is 11.3 Å². The molecule has 2 aromatic rings. The van der Waals surface area contributed by atoms with Gasteiger partial charge in [-0.2, -0.15) is 5.26 Å². The Morgan fingerprint density at radius 3 is 2.79 bits per heavy atom. The molecule has 0 unspecified atom stereocenters. The molecule has 0 fully saturated rings. The van der Waals surface area contributed by atoms with E-state index in [9.17, 15) is 0 Å². The maximum absolute atomic E-state index is 8.73. The Bertz CT molecular complexity index is 528. The molecule has 3 nitrogen and oxygen atoms in total. The maximum Gasteiger partial charge on any atom is 0.194 e. The van der Waals surface area contributed by atoms with Gasteiger partial charge in [0.15, 0.2) is 4.96 Å². The van der Waals surface area contributed by atoms with Crippen LogP contribution in [0.1, 0.15) is 22.0 Å². The fourth-order valence-corrected chi connectivity index (χ4v) is 2.63. The van der Waals surface area contributed by atoms with Gasteiger partial charge in [-0.3, -0.25) is 4.40 Å². The van der Waals surface area contributed by atoms with E-state index in [1.807, 2.05) is 6.92 Å². The molecule has 0 aliphatic carbocycles. The summed E-state index contributed by atoms with van der Waals surface area (Å²) in [6, 6.07) is 2.18. The second-order valence-corrected chi connectivity index (χ2v) is 4.52. The minimum Gasteiger partial charge on any atom is -0.290 e. The van der Waals surface area contributed by atoms with E-state index >= 15 is 0 Å². The molecule has 2 heterocycles. The Hall–Kier alpha value is -1.34. The first-order valence-corrected chi connectivity index (χ1v) is 5.27. The van der Waals surface area contributed by atoms with Gasteiger partial charge in [0.05, 0.1) is 23.9 Å². The lowest BCUT2D eigenvalue weighted by Gasteiger charge is -1.97. The molecule has 0 saturated heterocycles. The third-order valence-electron chi connectivity index (χ3n) is 2.48. The van der Waals surface area contributed by atoms with Gasteiger partial charge in [0, 0.05) is 10.6 Å². The van der Waals surface area contributed by atoms with Gasteiger partial charge in [0.25, 0.3) is 0 Å². The maximum atomic E-state index is 8.73. The lowest BCUT2D eigenvalue weighted by molar-refractivity contribution is 0.999. The van der Waals surface area contributed by atoms with Crippen LogP contribution in [0.5, 0.6) is 0 Å². The molecule has 14 heavy (non-hydrogen) atoms. The second-order valence-electron chi connectivity index (χ2n) is 3.34. The minimum atomic E-state index is 0.435. The molecule has 0 N–H and O–H groups in total. The predicted molar refractivity (Wildman–Crippen MR) is 56.6 cm³/mol. The largest absolute Gasteiger partial charge is 0.290 e. The summed E-state index contributed by atoms with van der Waals surface area (Å²) in [6.45, 7) is 6.11. The van der Waals surface area contributed by atoms with Crippen LogP contribution >= 0.6 is 11.3 Å². The van der Waals surface area contributed by atoms with Gasteiger partial charge >= 0.3 is 0 Å². The standard InChI is InChI=1S/C10H11N3S/c1-6-9(4-5-11)13-7(2)8(3)14-10(13)12-6/h4H2,1-3H3. The van der Waals surface area contributed by atoms with E-state index in [0.29, 0.717) is 6.42 Å². The third-order valence-corrected chi connectivity index (χ3v) is 3.54. The Labute approximate surface area is 86.6 Å². The number of aryl methyl sites for hydroxylation is 3. The zero-order chi connectivity index (χ0) is 10.3. The fourth-order valence-electron chi connectivity index (χ4n) is 1.60. The summed E-state index contributed by atoms with van der Waals surface area (Å²) in [5, 5.41) is 8.73. The Morgan fingerprint density at radius 2 is 2.14 bits per heavy atom. The van der Waals surface area contributed by atoms with Crippen molar-refractivity contribution in [2.45, 2.75) is 27.2 Å². The molecule has 0 spiro atoms. The van der Waals surface area contributed by atoms with Gasteiger partial charge < -0.3 is 0 Å². The summed E-state index contributed by atoms with van der Waals surface area (Å²) in [5.41, 5.74) is 3.21. The Kier molecular flexibility index (Phi) is 2.05. The van der Waals surface area contributed by atoms with Crippen LogP contribution in [-0.4, -0.2) is 9.38 Å². The summed E-state index contributed by atoms with van der Waals surface area (Å²) >= 11 is 1.68. The van der Waals surface area contributed by atoms with Crippen molar-refractivity contribution in [2.75, 3.05) is 0 Å². The van der Waals surface area contributed by atoms with E-state index in [4.69, 9.17) is 5.26 Å². The number of hydrogen-bond donors (Lipinski definition) is 0. The summed E-state index contributed by atoms with van der Waals surface area (Å²) in [6.07, 6.45) is 0.435. The van der Waals surface area contributed by atoms with E-state index in [-0.39, 0.29) is 0 Å². The van der Waals surface area contributed by atoms with Gasteiger partial charge in [0.2, 0.25) is 0 Å². The molecule has 0 radical (unpaired) electrons. The molecule has 0 amide bonds. The molecule has 0 aromatic carbocycles. The van der Waals surface area contributed by atoms with Gasteiger partial charge in [0.1, 0.15) is 0 Å². The van der Waals surface area contributed by atoms with Crippen molar-refractivity contribution in [1.29, 1.82) is 5.26 Å². The van der Waals surface area contributed by atoms with Gasteiger partial charge in [-0.15, -0.1) is 11.3 Å². The lowest BCUT2D eigenvalue weighted by atomic mass is 10.2. The number of nitrogens with zero attached hydrogens (tertiary/aromatic N) is 3. The van der Waals surface area contributed by atoms with Crippen LogP contribution in [0.25, 0.3) is 4.96 Å². The minimum absolute atomic E-state index is 0.435. The molecule has 0 aliphatic heterocycles. The monoisotopic (exact) mass is 205 g/mol. The molecule has 2 aromatic heterocycles. The van der Waals surface area contributed by atoms with Crippen molar-refractivity contribution in [3.63, 3.8) is 0 Å². The molecular formula is C10H11N3S. The van der Waals surface area contributed by atoms with E-state index in [1.165, 1.54) is 10.6 Å². The number of hydrogen-bond acceptors (Lipinski definition) is 3. The highest BCUT2D eigenvalue weighted by molar-refractivity contribution is 7.17. The highest BCUT2D eigenvalue weighted by atomic mass is 32.1. The highest BCUT2D eigenvalue weighted by Crippen LogP contribution is 2.24. The summed E-state index contributed by atoms with van der Waals surface area (Å²) < 4.78 is 2.10. The fraction of sp³-hybridized carbons (Fsp3) is 0.400. The Morgan fingerprint density at radius 1 is 1.43 bits per heavy atom. The van der Waals surface area contributed by atoms with Gasteiger partial charge in [-0.1, -0.05) is 0 Å². The molecule has 72 valence electrons. The molecule has 4 heteroatoms. The van der Waals surface area contributed by atoms with Gasteiger partial charge in [-0.25, -0.2) is 4.98 Å². The molecule has 0 saturated carbocycles. The first-order valence-electron chi connectivity index (χ1n) is 4.46. The van der Waals surface area contributed by atoms with E-state index < -0.39 is 0 Å². The van der Waals surface area contributed by atoms with Crippen molar-refractivity contribution in [3.8, 4) is 6.07 Å². The number of nitriles is 1. The van der Waals surface area contributed by atoms with Crippen molar-refractivity contribution >= 4 is 16.3 Å². The number of imidazole rings is 1. The van der Waals surface area contributed by atoms with Crippen molar-refractivity contribution < 1.29 is 0 Å². The normalized spacial score (nSPS) is 10.7. The van der Waals surface area contributed by atoms with Crippen LogP contribution in [0.3, 0.4) is 0 Å². The third kappa shape index (κ3) is 1.13. The Balaban J connectivity index is 2.79. The van der Waals surface area contributed by atoms with Crippen LogP contribution in [0, 0.1) is 32.1 Å². The average Bonchev–Trinajstić information content (AvgIpc) is 2.55. The van der Waals surface area contributed by atoms with Crippen LogP contribution in [0.2, 0.25) is 0 Å². The summed E-state index contributed by atoms with van der Waals surface area (Å²) in [5.74, 6) is 0. The zero-order valence-electron chi connectivity index (χ0n) is 8.46. The van der Waals surface area contributed by atoms with Crippen LogP contribution in [0.15, 0.2) is 0 Å². The highest BCUT2D eigenvalue weighted by Gasteiger charge is 2.13. The molecule has 0 bridgehead atoms. The van der Waals surface area contributed by atoms with Crippen molar-refractivity contribution in [1.82, 2.24) is 9.38 Å². The van der Waals surface area contributed by atoms with Crippen LogP contribution < -0.4 is 0 Å². The van der Waals surface area contributed by atoms with Gasteiger partial charge in [-0.05, 0) is 20.8 Å². The number of fused-ring (bicyclic) bond motifs is 1. The summed E-state index contributed by atoms with van der Waals surface area (Å²) in [4.78, 5) is 6.72. The molecule has 2 rings (SSSR count). The summed E-state index contributed by atoms with van der Waals surface area (Å²) in [7, 11) is 0. The first kappa shape index (κ1) is 9.22. The second kappa shape index (κ2) is 3.10. The lowest BCUT2D eigenvalue weighted by Crippen LogP contribution is -1.94. The van der Waals surface area contributed by atoms with E-state index in [2.05, 4.69) is 29.3 Å². The molecule has 0 aliphatic rings. The SMILES string of the molecule is Cc1nc2sc(C)c(C)n2c1CC#N. The van der Waals surface area contributed by atoms with Crippen LogP contribution in [0.4, 0.5) is 0 Å². The predicted octanol–water partition coefficient (Wildman–Crippen LogP) is 2.39. The number of rotatable bonds is 1. The van der Waals surface area contributed by atoms with E-state index in [0.717, 1.165) is 16.3 Å². The topological polar surface area (TPSA) is 41.1 Å². The quantitative estimate of drug-likeness (QED) is 0.717.